The normalized spacial score (nSPS) is 5.50. The molecule has 0 atom stereocenters. The monoisotopic (exact) mass is 149 g/mol. The van der Waals surface area contributed by atoms with Crippen molar-refractivity contribution in [1.29, 1.82) is 0 Å². The minimum atomic E-state index is -1.11. The summed E-state index contributed by atoms with van der Waals surface area (Å²) in [6.07, 6.45) is 0. The van der Waals surface area contributed by atoms with Crippen LogP contribution in [0.15, 0.2) is 0 Å². The molecule has 0 bridgehead atoms. The molecule has 0 unspecified atom stereocenters. The molecule has 0 aliphatic heterocycles. The van der Waals surface area contributed by atoms with Crippen molar-refractivity contribution in [3.63, 3.8) is 0 Å². The third kappa shape index (κ3) is 8.98. The first-order chi connectivity index (χ1) is 2.27. The van der Waals surface area contributed by atoms with Crippen LogP contribution in [-0.4, -0.2) is 5.09 Å². The van der Waals surface area contributed by atoms with Crippen molar-refractivity contribution >= 4 is 11.9 Å². The van der Waals surface area contributed by atoms with Gasteiger partial charge in [-0.2, -0.15) is 4.39 Å². The summed E-state index contributed by atoms with van der Waals surface area (Å²) in [5.41, 5.74) is 0. The van der Waals surface area contributed by atoms with Crippen LogP contribution in [0.4, 0.5) is 0 Å². The van der Waals surface area contributed by atoms with Gasteiger partial charge < -0.3 is 0 Å². The zero-order chi connectivity index (χ0) is 4.28. The quantitative estimate of drug-likeness (QED) is 0.399. The van der Waals surface area contributed by atoms with Crippen LogP contribution in [0.2, 0.25) is 0 Å². The number of hydrogen-bond donors (Lipinski definition) is 0. The summed E-state index contributed by atoms with van der Waals surface area (Å²) >= 11 is 4.14. The van der Waals surface area contributed by atoms with E-state index in [0.717, 1.165) is 0 Å². The van der Waals surface area contributed by atoms with Gasteiger partial charge in [0.05, 0.1) is 0 Å². The molecule has 0 radical (unpaired) electrons. The van der Waals surface area contributed by atoms with E-state index < -0.39 is 5.09 Å². The van der Waals surface area contributed by atoms with Gasteiger partial charge in [-0.05, 0) is 0 Å². The predicted molar refractivity (Wildman–Crippen MR) is 13.9 cm³/mol. The van der Waals surface area contributed by atoms with Gasteiger partial charge in [0.1, 0.15) is 11.9 Å². The van der Waals surface area contributed by atoms with E-state index in [4.69, 9.17) is 10.1 Å². The zero-order valence-electron chi connectivity index (χ0n) is 2.46. The molecule has 0 aromatic carbocycles. The Morgan fingerprint density at radius 2 is 2.00 bits per heavy atom. The van der Waals surface area contributed by atoms with Gasteiger partial charge in [-0.3, -0.25) is 0 Å². The maximum absolute atomic E-state index is 8.82. The third-order valence-corrected chi connectivity index (χ3v) is 0.169. The predicted octanol–water partition coefficient (Wildman–Crippen LogP) is 0.346. The van der Waals surface area contributed by atoms with Gasteiger partial charge in [0.2, 0.25) is 0 Å². The molecular formula is ClCrNO3. The van der Waals surface area contributed by atoms with Gasteiger partial charge in [0, 0.05) is 17.4 Å². The average molecular weight is 149 g/mol. The van der Waals surface area contributed by atoms with Crippen molar-refractivity contribution in [3.8, 4) is 0 Å². The van der Waals surface area contributed by atoms with Crippen molar-refractivity contribution in [2.75, 3.05) is 0 Å². The summed E-state index contributed by atoms with van der Waals surface area (Å²) in [4.78, 5) is 8.82. The van der Waals surface area contributed by atoms with Crippen LogP contribution < -0.4 is 0 Å². The Morgan fingerprint density at radius 3 is 2.00 bits per heavy atom. The Morgan fingerprint density at radius 1 is 1.83 bits per heavy atom. The Labute approximate surface area is 49.4 Å². The fourth-order valence-corrected chi connectivity index (χ4v) is 0. The molecule has 0 aliphatic carbocycles. The van der Waals surface area contributed by atoms with Gasteiger partial charge in [0.25, 0.3) is 0 Å². The van der Waals surface area contributed by atoms with Crippen LogP contribution in [-0.2, 0) is 21.8 Å². The fourth-order valence-electron chi connectivity index (χ4n) is 0. The smallest absolute Gasteiger partial charge is 0.199 e. The van der Waals surface area contributed by atoms with Crippen LogP contribution in [0.1, 0.15) is 0 Å². The van der Waals surface area contributed by atoms with E-state index in [-0.39, 0.29) is 17.4 Å². The second kappa shape index (κ2) is 5.02. The van der Waals surface area contributed by atoms with Gasteiger partial charge in [-0.25, -0.2) is 0 Å². The van der Waals surface area contributed by atoms with Crippen LogP contribution in [0.25, 0.3) is 0 Å². The zero-order valence-corrected chi connectivity index (χ0v) is 4.49. The molecule has 6 heteroatoms. The van der Waals surface area contributed by atoms with E-state index in [2.05, 4.69) is 16.3 Å². The number of rotatable bonds is 1. The van der Waals surface area contributed by atoms with Crippen LogP contribution >= 0.6 is 11.9 Å². The molecule has 0 heterocycles. The Hall–Kier alpha value is 0.0225. The van der Waals surface area contributed by atoms with Crippen molar-refractivity contribution in [2.45, 2.75) is 0 Å². The van der Waals surface area contributed by atoms with E-state index in [9.17, 15) is 0 Å². The summed E-state index contributed by atoms with van der Waals surface area (Å²) < 4.78 is 2.94. The molecule has 0 aromatic rings. The maximum Gasteiger partial charge on any atom is 0.311 e. The maximum atomic E-state index is 8.82. The molecule has 0 fully saturated rings. The second-order valence-corrected chi connectivity index (χ2v) is 0.431. The summed E-state index contributed by atoms with van der Waals surface area (Å²) in [7, 11) is 0. The van der Waals surface area contributed by atoms with Gasteiger partial charge in [-0.15, -0.1) is 10.1 Å². The standard InChI is InChI=1S/ClNO3.Cr/c1-5-2(3)4;. The van der Waals surface area contributed by atoms with E-state index in [1.165, 1.54) is 0 Å². The fraction of sp³-hybridized carbons (Fsp3) is 0. The molecule has 6 heavy (non-hydrogen) atoms. The minimum absolute atomic E-state index is 0. The molecule has 0 rings (SSSR count). The largest absolute Gasteiger partial charge is 0.311 e. The molecule has 36 valence electrons. The van der Waals surface area contributed by atoms with E-state index in [1.807, 2.05) is 0 Å². The van der Waals surface area contributed by atoms with Crippen LogP contribution in [0, 0.1) is 10.1 Å². The number of hydrogen-bond acceptors (Lipinski definition) is 3. The second-order valence-electron chi connectivity index (χ2n) is 0.293. The van der Waals surface area contributed by atoms with Crippen molar-refractivity contribution in [1.82, 2.24) is 0 Å². The first-order valence-corrected chi connectivity index (χ1v) is 1.01. The Kier molecular flexibility index (Phi) is 7.86. The molecule has 4 nitrogen and oxygen atoms in total. The summed E-state index contributed by atoms with van der Waals surface area (Å²) in [5.74, 6) is 0. The molecule has 0 saturated heterocycles. The summed E-state index contributed by atoms with van der Waals surface area (Å²) in [5, 5.41) is 7.71. The van der Waals surface area contributed by atoms with Gasteiger partial charge in [-0.1, -0.05) is 0 Å². The molecule has 0 N–H and O–H groups in total. The van der Waals surface area contributed by atoms with Crippen molar-refractivity contribution in [2.24, 2.45) is 0 Å². The first kappa shape index (κ1) is 9.39. The average Bonchev–Trinajstić information content (AvgIpc) is 1.38. The van der Waals surface area contributed by atoms with E-state index in [0.29, 0.717) is 0 Å². The van der Waals surface area contributed by atoms with Gasteiger partial charge in [0.15, 0.2) is 0 Å². The van der Waals surface area contributed by atoms with Crippen molar-refractivity contribution < 1.29 is 26.8 Å². The number of halogens is 1. The summed E-state index contributed by atoms with van der Waals surface area (Å²) in [6, 6.07) is 0. The molecule has 0 amide bonds. The third-order valence-electron chi connectivity index (χ3n) is 0.0563. The number of nitrogens with zero attached hydrogens (tertiary/aromatic N) is 1. The summed E-state index contributed by atoms with van der Waals surface area (Å²) in [6.45, 7) is 0. The molecular weight excluding hydrogens is 149 g/mol. The minimum Gasteiger partial charge on any atom is -0.199 e. The van der Waals surface area contributed by atoms with Crippen molar-refractivity contribution in [3.05, 3.63) is 10.1 Å². The molecule has 0 saturated carbocycles. The molecule has 0 aromatic heterocycles. The van der Waals surface area contributed by atoms with Crippen LogP contribution in [0.5, 0.6) is 0 Å². The molecule has 0 spiro atoms. The van der Waals surface area contributed by atoms with Crippen LogP contribution in [0.3, 0.4) is 0 Å². The van der Waals surface area contributed by atoms with Gasteiger partial charge >= 0.3 is 5.09 Å². The molecule has 0 aliphatic rings. The SMILES string of the molecule is O=[N+]([O-])OCl.[Cr]. The first-order valence-electron chi connectivity index (χ1n) is 0.702. The topological polar surface area (TPSA) is 52.4 Å². The van der Waals surface area contributed by atoms with E-state index >= 15 is 0 Å². The van der Waals surface area contributed by atoms with E-state index in [1.54, 1.807) is 0 Å². The Balaban J connectivity index is 0. The Bertz CT molecular complexity index is 46.1.